The molecule has 2 aromatic carbocycles. The molecule has 0 aromatic heterocycles. The molecule has 0 aliphatic carbocycles. The number of aliphatic hydroxyl groups excluding tert-OH is 1. The molecule has 6 heteroatoms. The largest absolute Gasteiger partial charge is 0.461 e. The van der Waals surface area contributed by atoms with Crippen LogP contribution < -0.4 is 0 Å². The van der Waals surface area contributed by atoms with Crippen LogP contribution in [0.2, 0.25) is 0 Å². The van der Waals surface area contributed by atoms with E-state index in [1.54, 1.807) is 24.3 Å². The van der Waals surface area contributed by atoms with Crippen LogP contribution in [0.3, 0.4) is 0 Å². The Balaban J connectivity index is 1.85. The van der Waals surface area contributed by atoms with E-state index in [4.69, 9.17) is 4.74 Å². The summed E-state index contributed by atoms with van der Waals surface area (Å²) in [4.78, 5) is 11.6. The number of carbonyl (C=O) groups is 1. The first-order chi connectivity index (χ1) is 11.0. The molecule has 23 heavy (non-hydrogen) atoms. The van der Waals surface area contributed by atoms with E-state index in [0.717, 1.165) is 5.56 Å². The fourth-order valence-corrected chi connectivity index (χ4v) is 2.04. The normalized spacial score (nSPS) is 12.0. The minimum absolute atomic E-state index is 0.0614. The van der Waals surface area contributed by atoms with Crippen LogP contribution in [0, 0.1) is 17.5 Å². The first-order valence-electron chi connectivity index (χ1n) is 6.96. The van der Waals surface area contributed by atoms with Gasteiger partial charge in [-0.15, -0.1) is 0 Å². The quantitative estimate of drug-likeness (QED) is 0.656. The van der Waals surface area contributed by atoms with Gasteiger partial charge in [-0.3, -0.25) is 4.79 Å². The molecule has 1 N–H and O–H groups in total. The molecule has 122 valence electrons. The number of hydrogen-bond donors (Lipinski definition) is 1. The first-order valence-corrected chi connectivity index (χ1v) is 6.96. The average Bonchev–Trinajstić information content (AvgIpc) is 2.51. The third-order valence-corrected chi connectivity index (χ3v) is 3.19. The molecule has 0 saturated carbocycles. The summed E-state index contributed by atoms with van der Waals surface area (Å²) in [6.07, 6.45) is -1.94. The van der Waals surface area contributed by atoms with Gasteiger partial charge in [-0.2, -0.15) is 0 Å². The van der Waals surface area contributed by atoms with Gasteiger partial charge >= 0.3 is 5.97 Å². The van der Waals surface area contributed by atoms with Crippen LogP contribution in [-0.4, -0.2) is 17.2 Å². The van der Waals surface area contributed by atoms with Gasteiger partial charge in [-0.1, -0.05) is 30.3 Å². The molecular formula is C17H15F3O3. The second kappa shape index (κ2) is 7.78. The zero-order chi connectivity index (χ0) is 16.8. The highest BCUT2D eigenvalue weighted by Gasteiger charge is 2.17. The predicted octanol–water partition coefficient (Wildman–Crippen LogP) is 3.14. The van der Waals surface area contributed by atoms with Crippen molar-refractivity contribution in [1.82, 2.24) is 0 Å². The smallest absolute Gasteiger partial charge is 0.308 e. The van der Waals surface area contributed by atoms with E-state index >= 15 is 0 Å². The Morgan fingerprint density at radius 1 is 1.04 bits per heavy atom. The highest BCUT2D eigenvalue weighted by Crippen LogP contribution is 2.16. The SMILES string of the molecule is O=C(CC(O)Cc1cc(F)c(F)cc1F)OCc1ccccc1. The molecule has 0 aliphatic heterocycles. The van der Waals surface area contributed by atoms with Crippen LogP contribution in [0.15, 0.2) is 42.5 Å². The van der Waals surface area contributed by atoms with Crippen molar-refractivity contribution in [2.75, 3.05) is 0 Å². The maximum atomic E-state index is 13.5. The first kappa shape index (κ1) is 17.0. The fraction of sp³-hybridized carbons (Fsp3) is 0.235. The summed E-state index contributed by atoms with van der Waals surface area (Å²) in [5, 5.41) is 9.77. The van der Waals surface area contributed by atoms with E-state index in [1.165, 1.54) is 0 Å². The summed E-state index contributed by atoms with van der Waals surface area (Å²) in [6, 6.07) is 10.0. The van der Waals surface area contributed by atoms with Gasteiger partial charge in [0.1, 0.15) is 12.4 Å². The minimum Gasteiger partial charge on any atom is -0.461 e. The van der Waals surface area contributed by atoms with E-state index in [-0.39, 0.29) is 25.0 Å². The van der Waals surface area contributed by atoms with Crippen molar-refractivity contribution in [2.24, 2.45) is 0 Å². The molecule has 0 radical (unpaired) electrons. The number of esters is 1. The van der Waals surface area contributed by atoms with E-state index in [0.29, 0.717) is 12.1 Å². The van der Waals surface area contributed by atoms with Gasteiger partial charge in [0.15, 0.2) is 11.6 Å². The lowest BCUT2D eigenvalue weighted by atomic mass is 10.0. The molecule has 3 nitrogen and oxygen atoms in total. The highest BCUT2D eigenvalue weighted by molar-refractivity contribution is 5.70. The van der Waals surface area contributed by atoms with Gasteiger partial charge in [-0.25, -0.2) is 13.2 Å². The number of benzene rings is 2. The van der Waals surface area contributed by atoms with Crippen LogP contribution in [0.25, 0.3) is 0 Å². The maximum absolute atomic E-state index is 13.5. The highest BCUT2D eigenvalue weighted by atomic mass is 19.2. The lowest BCUT2D eigenvalue weighted by Crippen LogP contribution is -2.19. The Morgan fingerprint density at radius 3 is 2.39 bits per heavy atom. The van der Waals surface area contributed by atoms with Crippen LogP contribution in [0.5, 0.6) is 0 Å². The zero-order valence-corrected chi connectivity index (χ0v) is 12.1. The summed E-state index contributed by atoms with van der Waals surface area (Å²) in [6.45, 7) is 0.0614. The van der Waals surface area contributed by atoms with Crippen molar-refractivity contribution in [3.8, 4) is 0 Å². The van der Waals surface area contributed by atoms with Gasteiger partial charge < -0.3 is 9.84 Å². The Kier molecular flexibility index (Phi) is 5.76. The standard InChI is InChI=1S/C17H15F3O3/c18-14-9-16(20)15(19)7-12(14)6-13(21)8-17(22)23-10-11-4-2-1-3-5-11/h1-5,7,9,13,21H,6,8,10H2. The van der Waals surface area contributed by atoms with E-state index in [2.05, 4.69) is 0 Å². The van der Waals surface area contributed by atoms with Gasteiger partial charge in [0.05, 0.1) is 12.5 Å². The van der Waals surface area contributed by atoms with E-state index < -0.39 is 29.5 Å². The number of halogens is 3. The minimum atomic E-state index is -1.30. The molecule has 1 unspecified atom stereocenters. The van der Waals surface area contributed by atoms with Gasteiger partial charge in [0.2, 0.25) is 0 Å². The van der Waals surface area contributed by atoms with Crippen molar-refractivity contribution in [1.29, 1.82) is 0 Å². The summed E-state index contributed by atoms with van der Waals surface area (Å²) in [7, 11) is 0. The topological polar surface area (TPSA) is 46.5 Å². The molecule has 0 aliphatic rings. The third kappa shape index (κ3) is 5.10. The van der Waals surface area contributed by atoms with Crippen LogP contribution >= 0.6 is 0 Å². The number of rotatable bonds is 6. The molecule has 1 atom stereocenters. The number of ether oxygens (including phenoxy) is 1. The van der Waals surface area contributed by atoms with Crippen LogP contribution in [-0.2, 0) is 22.6 Å². The molecule has 0 fully saturated rings. The molecular weight excluding hydrogens is 309 g/mol. The average molecular weight is 324 g/mol. The van der Waals surface area contributed by atoms with E-state index in [9.17, 15) is 23.1 Å². The molecule has 0 saturated heterocycles. The summed E-state index contributed by atoms with van der Waals surface area (Å²) < 4.78 is 44.3. The molecule has 0 spiro atoms. The second-order valence-corrected chi connectivity index (χ2v) is 5.07. The number of hydrogen-bond acceptors (Lipinski definition) is 3. The Hall–Kier alpha value is -2.34. The molecule has 2 rings (SSSR count). The lowest BCUT2D eigenvalue weighted by Gasteiger charge is -2.11. The summed E-state index contributed by atoms with van der Waals surface area (Å²) in [5.74, 6) is -4.15. The monoisotopic (exact) mass is 324 g/mol. The van der Waals surface area contributed by atoms with Gasteiger partial charge in [0.25, 0.3) is 0 Å². The van der Waals surface area contributed by atoms with Crippen molar-refractivity contribution in [2.45, 2.75) is 25.6 Å². The molecule has 0 amide bonds. The van der Waals surface area contributed by atoms with Crippen molar-refractivity contribution < 1.29 is 27.8 Å². The van der Waals surface area contributed by atoms with Crippen molar-refractivity contribution in [3.63, 3.8) is 0 Å². The Morgan fingerprint density at radius 2 is 1.70 bits per heavy atom. The van der Waals surface area contributed by atoms with Gasteiger partial charge in [-0.05, 0) is 17.2 Å². The van der Waals surface area contributed by atoms with Gasteiger partial charge in [0, 0.05) is 12.5 Å². The zero-order valence-electron chi connectivity index (χ0n) is 12.1. The van der Waals surface area contributed by atoms with Crippen molar-refractivity contribution in [3.05, 3.63) is 71.0 Å². The number of aliphatic hydroxyl groups is 1. The summed E-state index contributed by atoms with van der Waals surface area (Å²) in [5.41, 5.74) is 0.592. The predicted molar refractivity (Wildman–Crippen MR) is 76.9 cm³/mol. The number of carbonyl (C=O) groups excluding carboxylic acids is 1. The molecule has 2 aromatic rings. The van der Waals surface area contributed by atoms with E-state index in [1.807, 2.05) is 6.07 Å². The van der Waals surface area contributed by atoms with Crippen LogP contribution in [0.4, 0.5) is 13.2 Å². The lowest BCUT2D eigenvalue weighted by molar-refractivity contribution is -0.147. The third-order valence-electron chi connectivity index (χ3n) is 3.19. The Labute approximate surface area is 131 Å². The fourth-order valence-electron chi connectivity index (χ4n) is 2.04. The second-order valence-electron chi connectivity index (χ2n) is 5.07. The van der Waals surface area contributed by atoms with Crippen LogP contribution in [0.1, 0.15) is 17.5 Å². The molecule has 0 heterocycles. The maximum Gasteiger partial charge on any atom is 0.308 e. The molecule has 0 bridgehead atoms. The van der Waals surface area contributed by atoms with Crippen molar-refractivity contribution >= 4 is 5.97 Å². The Bertz CT molecular complexity index is 674. The summed E-state index contributed by atoms with van der Waals surface area (Å²) >= 11 is 0.